The fourth-order valence-corrected chi connectivity index (χ4v) is 1.84. The predicted octanol–water partition coefficient (Wildman–Crippen LogP) is 1.67. The maximum Gasteiger partial charge on any atom is 0.142 e. The molecule has 6 nitrogen and oxygen atoms in total. The highest BCUT2D eigenvalue weighted by Gasteiger charge is 2.04. The summed E-state index contributed by atoms with van der Waals surface area (Å²) >= 11 is 0. The van der Waals surface area contributed by atoms with Crippen LogP contribution in [0.25, 0.3) is 0 Å². The second-order valence-electron chi connectivity index (χ2n) is 4.33. The van der Waals surface area contributed by atoms with Gasteiger partial charge in [0.05, 0.1) is 25.0 Å². The van der Waals surface area contributed by atoms with E-state index >= 15 is 0 Å². The largest absolute Gasteiger partial charge is 0.492 e. The number of aliphatic hydroxyl groups excluding tert-OH is 1. The van der Waals surface area contributed by atoms with E-state index in [0.717, 1.165) is 17.1 Å². The van der Waals surface area contributed by atoms with Gasteiger partial charge in [-0.15, -0.1) is 5.10 Å². The lowest BCUT2D eigenvalue weighted by Gasteiger charge is -2.10. The molecule has 0 saturated carbocycles. The van der Waals surface area contributed by atoms with Crippen LogP contribution in [0.1, 0.15) is 19.0 Å². The van der Waals surface area contributed by atoms with Gasteiger partial charge >= 0.3 is 0 Å². The first-order chi connectivity index (χ1) is 9.83. The quantitative estimate of drug-likeness (QED) is 0.767. The van der Waals surface area contributed by atoms with Crippen LogP contribution in [0.4, 0.5) is 5.69 Å². The van der Waals surface area contributed by atoms with E-state index in [0.29, 0.717) is 26.1 Å². The van der Waals surface area contributed by atoms with E-state index in [1.54, 1.807) is 4.68 Å². The summed E-state index contributed by atoms with van der Waals surface area (Å²) in [6.07, 6.45) is 2.56. The first kappa shape index (κ1) is 14.3. The summed E-state index contributed by atoms with van der Waals surface area (Å²) in [4.78, 5) is 0. The van der Waals surface area contributed by atoms with Crippen LogP contribution in [0.2, 0.25) is 0 Å². The van der Waals surface area contributed by atoms with Gasteiger partial charge in [0.15, 0.2) is 0 Å². The minimum atomic E-state index is 0.162. The van der Waals surface area contributed by atoms with Gasteiger partial charge in [-0.3, -0.25) is 4.68 Å². The third kappa shape index (κ3) is 3.96. The topological polar surface area (TPSA) is 72.2 Å². The van der Waals surface area contributed by atoms with E-state index in [4.69, 9.17) is 9.84 Å². The highest BCUT2D eigenvalue weighted by Crippen LogP contribution is 2.23. The number of para-hydroxylation sites is 2. The summed E-state index contributed by atoms with van der Waals surface area (Å²) in [5, 5.41) is 20.2. The molecule has 1 aromatic carbocycles. The van der Waals surface area contributed by atoms with Crippen molar-refractivity contribution in [2.75, 3.05) is 18.5 Å². The number of benzene rings is 1. The molecule has 0 saturated heterocycles. The number of aliphatic hydroxyl groups is 1. The lowest BCUT2D eigenvalue weighted by Crippen LogP contribution is -2.03. The Balaban J connectivity index is 1.93. The molecule has 0 spiro atoms. The van der Waals surface area contributed by atoms with E-state index < -0.39 is 0 Å². The van der Waals surface area contributed by atoms with Crippen LogP contribution in [0.3, 0.4) is 0 Å². The Morgan fingerprint density at radius 1 is 1.35 bits per heavy atom. The zero-order chi connectivity index (χ0) is 14.2. The third-order valence-corrected chi connectivity index (χ3v) is 2.78. The Kier molecular flexibility index (Phi) is 5.37. The van der Waals surface area contributed by atoms with Crippen LogP contribution >= 0.6 is 0 Å². The summed E-state index contributed by atoms with van der Waals surface area (Å²) < 4.78 is 7.29. The van der Waals surface area contributed by atoms with Crippen LogP contribution in [0, 0.1) is 0 Å². The second-order valence-corrected chi connectivity index (χ2v) is 4.33. The Hall–Kier alpha value is -2.08. The number of hydrogen-bond donors (Lipinski definition) is 2. The van der Waals surface area contributed by atoms with E-state index in [9.17, 15) is 0 Å². The van der Waals surface area contributed by atoms with Gasteiger partial charge in [0, 0.05) is 13.2 Å². The second kappa shape index (κ2) is 7.49. The standard InChI is InChI=1S/C14H20N4O2/c1-2-20-14-7-4-3-6-13(14)15-10-12-11-18(17-16-12)8-5-9-19/h3-4,6-7,11,15,19H,2,5,8-10H2,1H3. The fraction of sp³-hybridized carbons (Fsp3) is 0.429. The number of nitrogens with zero attached hydrogens (tertiary/aromatic N) is 3. The average Bonchev–Trinajstić information content (AvgIpc) is 2.92. The molecule has 2 rings (SSSR count). The molecule has 0 aliphatic carbocycles. The zero-order valence-corrected chi connectivity index (χ0v) is 11.6. The van der Waals surface area contributed by atoms with Gasteiger partial charge in [0.2, 0.25) is 0 Å². The van der Waals surface area contributed by atoms with Gasteiger partial charge in [-0.2, -0.15) is 0 Å². The highest BCUT2D eigenvalue weighted by molar-refractivity contribution is 5.56. The molecule has 0 aliphatic rings. The van der Waals surface area contributed by atoms with Crippen molar-refractivity contribution >= 4 is 5.69 Å². The SMILES string of the molecule is CCOc1ccccc1NCc1cn(CCCO)nn1. The molecule has 0 radical (unpaired) electrons. The Bertz CT molecular complexity index is 527. The van der Waals surface area contributed by atoms with Crippen molar-refractivity contribution in [3.8, 4) is 5.75 Å². The van der Waals surface area contributed by atoms with Crippen molar-refractivity contribution in [1.29, 1.82) is 0 Å². The molecule has 20 heavy (non-hydrogen) atoms. The van der Waals surface area contributed by atoms with Crippen LogP contribution in [0.15, 0.2) is 30.5 Å². The van der Waals surface area contributed by atoms with Crippen LogP contribution in [-0.4, -0.2) is 33.3 Å². The van der Waals surface area contributed by atoms with Gasteiger partial charge < -0.3 is 15.2 Å². The molecular weight excluding hydrogens is 256 g/mol. The van der Waals surface area contributed by atoms with Crippen LogP contribution in [-0.2, 0) is 13.1 Å². The van der Waals surface area contributed by atoms with Gasteiger partial charge in [0.1, 0.15) is 11.4 Å². The number of anilines is 1. The third-order valence-electron chi connectivity index (χ3n) is 2.78. The van der Waals surface area contributed by atoms with Crippen molar-refractivity contribution in [2.24, 2.45) is 0 Å². The van der Waals surface area contributed by atoms with Crippen LogP contribution in [0.5, 0.6) is 5.75 Å². The minimum absolute atomic E-state index is 0.162. The minimum Gasteiger partial charge on any atom is -0.492 e. The van der Waals surface area contributed by atoms with Gasteiger partial charge in [0.25, 0.3) is 0 Å². The van der Waals surface area contributed by atoms with E-state index in [-0.39, 0.29) is 6.61 Å². The smallest absolute Gasteiger partial charge is 0.142 e. The van der Waals surface area contributed by atoms with Gasteiger partial charge in [-0.1, -0.05) is 17.3 Å². The Morgan fingerprint density at radius 3 is 3.00 bits per heavy atom. The zero-order valence-electron chi connectivity index (χ0n) is 11.6. The van der Waals surface area contributed by atoms with Crippen molar-refractivity contribution < 1.29 is 9.84 Å². The van der Waals surface area contributed by atoms with Crippen molar-refractivity contribution in [1.82, 2.24) is 15.0 Å². The molecule has 1 aromatic heterocycles. The maximum atomic E-state index is 8.78. The molecule has 2 aromatic rings. The Labute approximate surface area is 118 Å². The molecule has 0 unspecified atom stereocenters. The summed E-state index contributed by atoms with van der Waals surface area (Å²) in [7, 11) is 0. The molecule has 108 valence electrons. The summed E-state index contributed by atoms with van der Waals surface area (Å²) in [5.41, 5.74) is 1.80. The molecule has 0 amide bonds. The predicted molar refractivity (Wildman–Crippen MR) is 76.7 cm³/mol. The number of nitrogens with one attached hydrogen (secondary N) is 1. The fourth-order valence-electron chi connectivity index (χ4n) is 1.84. The first-order valence-corrected chi connectivity index (χ1v) is 6.79. The van der Waals surface area contributed by atoms with E-state index in [2.05, 4.69) is 15.6 Å². The monoisotopic (exact) mass is 276 g/mol. The summed E-state index contributed by atoms with van der Waals surface area (Å²) in [6.45, 7) is 4.02. The molecule has 6 heteroatoms. The molecule has 0 aliphatic heterocycles. The first-order valence-electron chi connectivity index (χ1n) is 6.79. The summed E-state index contributed by atoms with van der Waals surface area (Å²) in [6, 6.07) is 7.81. The van der Waals surface area contributed by atoms with Crippen LogP contribution < -0.4 is 10.1 Å². The number of hydrogen-bond acceptors (Lipinski definition) is 5. The van der Waals surface area contributed by atoms with Crippen molar-refractivity contribution in [2.45, 2.75) is 26.4 Å². The Morgan fingerprint density at radius 2 is 2.20 bits per heavy atom. The lowest BCUT2D eigenvalue weighted by molar-refractivity contribution is 0.276. The normalized spacial score (nSPS) is 10.5. The molecular formula is C14H20N4O2. The van der Waals surface area contributed by atoms with Crippen molar-refractivity contribution in [3.63, 3.8) is 0 Å². The number of aryl methyl sites for hydroxylation is 1. The van der Waals surface area contributed by atoms with Gasteiger partial charge in [-0.05, 0) is 25.5 Å². The lowest BCUT2D eigenvalue weighted by atomic mass is 10.3. The van der Waals surface area contributed by atoms with Crippen molar-refractivity contribution in [3.05, 3.63) is 36.2 Å². The average molecular weight is 276 g/mol. The number of aromatic nitrogens is 3. The van der Waals surface area contributed by atoms with Gasteiger partial charge in [-0.25, -0.2) is 0 Å². The molecule has 0 fully saturated rings. The molecule has 0 bridgehead atoms. The molecule has 2 N–H and O–H groups in total. The highest BCUT2D eigenvalue weighted by atomic mass is 16.5. The molecule has 0 atom stereocenters. The van der Waals surface area contributed by atoms with E-state index in [1.807, 2.05) is 37.4 Å². The number of ether oxygens (including phenoxy) is 1. The number of rotatable bonds is 8. The molecule has 1 heterocycles. The van der Waals surface area contributed by atoms with E-state index in [1.165, 1.54) is 0 Å². The maximum absolute atomic E-state index is 8.78. The summed E-state index contributed by atoms with van der Waals surface area (Å²) in [5.74, 6) is 0.836.